The Bertz CT molecular complexity index is 349. The lowest BCUT2D eigenvalue weighted by Crippen LogP contribution is -2.44. The Morgan fingerprint density at radius 2 is 1.62 bits per heavy atom. The van der Waals surface area contributed by atoms with Crippen LogP contribution in [0.15, 0.2) is 0 Å². The highest BCUT2D eigenvalue weighted by Gasteiger charge is 2.32. The number of amides is 1. The molecule has 0 atom stereocenters. The molecule has 1 aliphatic heterocycles. The van der Waals surface area contributed by atoms with E-state index in [-0.39, 0.29) is 36.1 Å². The quantitative estimate of drug-likeness (QED) is 0.802. The number of halogens is 1. The largest absolute Gasteiger partial charge is 0.469 e. The van der Waals surface area contributed by atoms with E-state index in [0.717, 1.165) is 45.1 Å². The fourth-order valence-electron chi connectivity index (χ4n) is 3.41. The summed E-state index contributed by atoms with van der Waals surface area (Å²) < 4.78 is 4.77. The lowest BCUT2D eigenvalue weighted by molar-refractivity contribution is -0.149. The maximum atomic E-state index is 12.5. The molecule has 6 heteroatoms. The van der Waals surface area contributed by atoms with Crippen molar-refractivity contribution in [1.82, 2.24) is 4.90 Å². The predicted octanol–water partition coefficient (Wildman–Crippen LogP) is 1.58. The molecule has 5 nitrogen and oxygen atoms in total. The van der Waals surface area contributed by atoms with E-state index in [1.165, 1.54) is 7.11 Å². The lowest BCUT2D eigenvalue weighted by Gasteiger charge is -2.35. The average Bonchev–Trinajstić information content (AvgIpc) is 2.53. The van der Waals surface area contributed by atoms with Gasteiger partial charge in [0, 0.05) is 19.0 Å². The van der Waals surface area contributed by atoms with Crippen LogP contribution < -0.4 is 5.73 Å². The molecule has 0 bridgehead atoms. The number of hydrogen-bond acceptors (Lipinski definition) is 4. The third-order valence-corrected chi connectivity index (χ3v) is 4.87. The van der Waals surface area contributed by atoms with Crippen molar-refractivity contribution in [2.45, 2.75) is 38.5 Å². The zero-order valence-corrected chi connectivity index (χ0v) is 13.6. The third-order valence-electron chi connectivity index (χ3n) is 4.87. The molecule has 2 rings (SSSR count). The van der Waals surface area contributed by atoms with Crippen molar-refractivity contribution in [3.05, 3.63) is 0 Å². The summed E-state index contributed by atoms with van der Waals surface area (Å²) in [7, 11) is 1.43. The van der Waals surface area contributed by atoms with Gasteiger partial charge in [0.05, 0.1) is 13.0 Å². The maximum absolute atomic E-state index is 12.5. The topological polar surface area (TPSA) is 72.6 Å². The van der Waals surface area contributed by atoms with Crippen LogP contribution in [0.4, 0.5) is 0 Å². The molecule has 1 amide bonds. The number of likely N-dealkylation sites (tertiary alicyclic amines) is 1. The fraction of sp³-hybridized carbons (Fsp3) is 0.867. The maximum Gasteiger partial charge on any atom is 0.308 e. The van der Waals surface area contributed by atoms with Gasteiger partial charge >= 0.3 is 5.97 Å². The molecule has 0 aromatic rings. The first kappa shape index (κ1) is 18.2. The number of hydrogen-bond donors (Lipinski definition) is 1. The van der Waals surface area contributed by atoms with Crippen molar-refractivity contribution in [1.29, 1.82) is 0 Å². The van der Waals surface area contributed by atoms with Crippen LogP contribution in [0.3, 0.4) is 0 Å². The van der Waals surface area contributed by atoms with Crippen LogP contribution >= 0.6 is 12.4 Å². The molecule has 1 saturated heterocycles. The molecule has 122 valence electrons. The van der Waals surface area contributed by atoms with E-state index in [0.29, 0.717) is 19.0 Å². The summed E-state index contributed by atoms with van der Waals surface area (Å²) in [4.78, 5) is 25.9. The van der Waals surface area contributed by atoms with E-state index in [1.807, 2.05) is 4.90 Å². The number of rotatable bonds is 3. The highest BCUT2D eigenvalue weighted by atomic mass is 35.5. The minimum Gasteiger partial charge on any atom is -0.469 e. The highest BCUT2D eigenvalue weighted by Crippen LogP contribution is 2.30. The minimum atomic E-state index is -0.138. The van der Waals surface area contributed by atoms with Crippen LogP contribution in [0.1, 0.15) is 38.5 Å². The first-order valence-corrected chi connectivity index (χ1v) is 7.72. The van der Waals surface area contributed by atoms with Crippen LogP contribution in [0.5, 0.6) is 0 Å². The second-order valence-corrected chi connectivity index (χ2v) is 6.08. The minimum absolute atomic E-state index is 0. The van der Waals surface area contributed by atoms with E-state index in [9.17, 15) is 9.59 Å². The first-order chi connectivity index (χ1) is 9.65. The number of nitrogens with zero attached hydrogens (tertiary/aromatic N) is 1. The van der Waals surface area contributed by atoms with Gasteiger partial charge in [-0.25, -0.2) is 0 Å². The number of carbonyl (C=O) groups excluding carboxylic acids is 2. The molecule has 2 fully saturated rings. The van der Waals surface area contributed by atoms with Gasteiger partial charge in [0.2, 0.25) is 5.91 Å². The van der Waals surface area contributed by atoms with E-state index in [2.05, 4.69) is 0 Å². The summed E-state index contributed by atoms with van der Waals surface area (Å²) in [5.41, 5.74) is 5.69. The normalized spacial score (nSPS) is 26.9. The Kier molecular flexibility index (Phi) is 7.46. The summed E-state index contributed by atoms with van der Waals surface area (Å²) in [6.45, 7) is 2.12. The summed E-state index contributed by atoms with van der Waals surface area (Å²) in [6.07, 6.45) is 5.56. The van der Waals surface area contributed by atoms with Crippen molar-refractivity contribution in [3.63, 3.8) is 0 Å². The fourth-order valence-corrected chi connectivity index (χ4v) is 3.41. The second-order valence-electron chi connectivity index (χ2n) is 6.08. The number of methoxy groups -OCH3 is 1. The van der Waals surface area contributed by atoms with Crippen molar-refractivity contribution in [2.75, 3.05) is 26.7 Å². The lowest BCUT2D eigenvalue weighted by atomic mass is 9.81. The molecule has 2 N–H and O–H groups in total. The van der Waals surface area contributed by atoms with E-state index in [4.69, 9.17) is 10.5 Å². The Morgan fingerprint density at radius 1 is 1.05 bits per heavy atom. The molecule has 1 saturated carbocycles. The summed E-state index contributed by atoms with van der Waals surface area (Å²) in [5.74, 6) is 0.887. The average molecular weight is 319 g/mol. The second kappa shape index (κ2) is 8.59. The van der Waals surface area contributed by atoms with Crippen LogP contribution in [0.25, 0.3) is 0 Å². The van der Waals surface area contributed by atoms with Crippen LogP contribution in [-0.2, 0) is 14.3 Å². The van der Waals surface area contributed by atoms with Gasteiger partial charge in [-0.15, -0.1) is 12.4 Å². The number of ether oxygens (including phenoxy) is 1. The summed E-state index contributed by atoms with van der Waals surface area (Å²) >= 11 is 0. The van der Waals surface area contributed by atoms with Crippen molar-refractivity contribution < 1.29 is 14.3 Å². The molecule has 0 unspecified atom stereocenters. The Morgan fingerprint density at radius 3 is 2.10 bits per heavy atom. The predicted molar refractivity (Wildman–Crippen MR) is 83.1 cm³/mol. The van der Waals surface area contributed by atoms with Gasteiger partial charge in [0.1, 0.15) is 0 Å². The van der Waals surface area contributed by atoms with E-state index >= 15 is 0 Å². The molecule has 1 aliphatic carbocycles. The molecular weight excluding hydrogens is 292 g/mol. The zero-order chi connectivity index (χ0) is 14.5. The van der Waals surface area contributed by atoms with Crippen LogP contribution in [0, 0.1) is 17.8 Å². The van der Waals surface area contributed by atoms with Crippen LogP contribution in [0.2, 0.25) is 0 Å². The van der Waals surface area contributed by atoms with Crippen molar-refractivity contribution in [3.8, 4) is 0 Å². The molecule has 2 aliphatic rings. The molecule has 0 aromatic heterocycles. The van der Waals surface area contributed by atoms with E-state index < -0.39 is 0 Å². The zero-order valence-electron chi connectivity index (χ0n) is 12.8. The molecule has 0 spiro atoms. The summed E-state index contributed by atoms with van der Waals surface area (Å²) in [5, 5.41) is 0. The van der Waals surface area contributed by atoms with Crippen molar-refractivity contribution in [2.24, 2.45) is 23.5 Å². The molecule has 1 heterocycles. The number of esters is 1. The molecule has 0 aromatic carbocycles. The van der Waals surface area contributed by atoms with Gasteiger partial charge in [-0.05, 0) is 51.0 Å². The van der Waals surface area contributed by atoms with Crippen molar-refractivity contribution >= 4 is 24.3 Å². The Hall–Kier alpha value is -0.810. The van der Waals surface area contributed by atoms with Gasteiger partial charge in [0.25, 0.3) is 0 Å². The first-order valence-electron chi connectivity index (χ1n) is 7.72. The van der Waals surface area contributed by atoms with Gasteiger partial charge < -0.3 is 15.4 Å². The SMILES string of the molecule is COC(=O)C1CCN(C(=O)C2CCC(CN)CC2)CC1.Cl. The van der Waals surface area contributed by atoms with Gasteiger partial charge in [0.15, 0.2) is 0 Å². The molecular formula is C15H27ClN2O3. The Balaban J connectivity index is 0.00000220. The molecule has 0 radical (unpaired) electrons. The van der Waals surface area contributed by atoms with Gasteiger partial charge in [-0.2, -0.15) is 0 Å². The number of nitrogens with two attached hydrogens (primary N) is 1. The highest BCUT2D eigenvalue weighted by molar-refractivity contribution is 5.85. The number of carbonyl (C=O) groups is 2. The molecule has 21 heavy (non-hydrogen) atoms. The Labute approximate surface area is 133 Å². The summed E-state index contributed by atoms with van der Waals surface area (Å²) in [6, 6.07) is 0. The number of piperidine rings is 1. The van der Waals surface area contributed by atoms with Crippen LogP contribution in [-0.4, -0.2) is 43.5 Å². The van der Waals surface area contributed by atoms with Gasteiger partial charge in [-0.3, -0.25) is 9.59 Å². The van der Waals surface area contributed by atoms with Gasteiger partial charge in [-0.1, -0.05) is 0 Å². The standard InChI is InChI=1S/C15H26N2O3.ClH/c1-20-15(19)13-6-8-17(9-7-13)14(18)12-4-2-11(10-16)3-5-12;/h11-13H,2-10,16H2,1H3;1H. The smallest absolute Gasteiger partial charge is 0.308 e. The third kappa shape index (κ3) is 4.58. The monoisotopic (exact) mass is 318 g/mol. The van der Waals surface area contributed by atoms with E-state index in [1.54, 1.807) is 0 Å².